The lowest BCUT2D eigenvalue weighted by Gasteiger charge is -2.20. The Kier molecular flexibility index (Phi) is 8.14. The van der Waals surface area contributed by atoms with Gasteiger partial charge in [-0.3, -0.25) is 0 Å². The summed E-state index contributed by atoms with van der Waals surface area (Å²) in [5, 5.41) is 3.36. The first kappa shape index (κ1) is 13.9. The zero-order valence-corrected chi connectivity index (χ0v) is 10.3. The van der Waals surface area contributed by atoms with Crippen LogP contribution in [0.5, 0.6) is 0 Å². The van der Waals surface area contributed by atoms with Crippen molar-refractivity contribution in [3.63, 3.8) is 0 Å². The van der Waals surface area contributed by atoms with Crippen molar-refractivity contribution in [2.24, 2.45) is 0 Å². The van der Waals surface area contributed by atoms with Gasteiger partial charge in [-0.25, -0.2) is 0 Å². The van der Waals surface area contributed by atoms with Gasteiger partial charge in [-0.15, -0.1) is 0 Å². The van der Waals surface area contributed by atoms with Gasteiger partial charge in [-0.2, -0.15) is 0 Å². The summed E-state index contributed by atoms with van der Waals surface area (Å²) in [6, 6.07) is 0.628. The second-order valence-electron chi connectivity index (χ2n) is 4.24. The lowest BCUT2D eigenvalue weighted by Crippen LogP contribution is -2.34. The molecule has 0 spiro atoms. The van der Waals surface area contributed by atoms with E-state index in [9.17, 15) is 0 Å². The average molecular weight is 202 g/mol. The number of rotatable bonds is 8. The van der Waals surface area contributed by atoms with Crippen LogP contribution >= 0.6 is 0 Å². The fourth-order valence-corrected chi connectivity index (χ4v) is 1.01. The molecule has 0 unspecified atom stereocenters. The van der Waals surface area contributed by atoms with Gasteiger partial charge in [-0.05, 0) is 34.7 Å². The van der Waals surface area contributed by atoms with Crippen LogP contribution in [-0.4, -0.2) is 50.3 Å². The second-order valence-corrected chi connectivity index (χ2v) is 4.24. The Bertz CT molecular complexity index is 126. The summed E-state index contributed by atoms with van der Waals surface area (Å²) in [6.07, 6.45) is 0.343. The van der Waals surface area contributed by atoms with Gasteiger partial charge in [-0.1, -0.05) is 0 Å². The number of likely N-dealkylation sites (N-methyl/N-ethyl adjacent to an activating group) is 1. The SMILES string of the molecule is CC(C)OCCNCCN(C)C(C)C. The van der Waals surface area contributed by atoms with Crippen LogP contribution in [-0.2, 0) is 4.74 Å². The first-order chi connectivity index (χ1) is 6.54. The zero-order chi connectivity index (χ0) is 11.0. The maximum Gasteiger partial charge on any atom is 0.0594 e. The van der Waals surface area contributed by atoms with Gasteiger partial charge in [0.05, 0.1) is 12.7 Å². The van der Waals surface area contributed by atoms with E-state index in [2.05, 4.69) is 45.0 Å². The van der Waals surface area contributed by atoms with Crippen LogP contribution in [0.15, 0.2) is 0 Å². The first-order valence-corrected chi connectivity index (χ1v) is 5.56. The van der Waals surface area contributed by atoms with Gasteiger partial charge in [0.2, 0.25) is 0 Å². The minimum absolute atomic E-state index is 0.343. The molecule has 0 saturated carbocycles. The number of nitrogens with zero attached hydrogens (tertiary/aromatic N) is 1. The summed E-state index contributed by atoms with van der Waals surface area (Å²) in [5.41, 5.74) is 0. The van der Waals surface area contributed by atoms with Gasteiger partial charge in [0.15, 0.2) is 0 Å². The van der Waals surface area contributed by atoms with Gasteiger partial charge in [0.1, 0.15) is 0 Å². The Balaban J connectivity index is 3.13. The highest BCUT2D eigenvalue weighted by atomic mass is 16.5. The van der Waals surface area contributed by atoms with Crippen LogP contribution in [0.4, 0.5) is 0 Å². The van der Waals surface area contributed by atoms with Gasteiger partial charge in [0.25, 0.3) is 0 Å². The predicted molar refractivity (Wildman–Crippen MR) is 61.7 cm³/mol. The maximum atomic E-state index is 5.42. The fraction of sp³-hybridized carbons (Fsp3) is 1.00. The molecule has 0 fully saturated rings. The molecule has 0 aliphatic rings. The van der Waals surface area contributed by atoms with Crippen molar-refractivity contribution in [3.05, 3.63) is 0 Å². The second kappa shape index (κ2) is 8.21. The summed E-state index contributed by atoms with van der Waals surface area (Å²) < 4.78 is 5.42. The third kappa shape index (κ3) is 8.48. The quantitative estimate of drug-likeness (QED) is 0.601. The highest BCUT2D eigenvalue weighted by Gasteiger charge is 2.01. The van der Waals surface area contributed by atoms with Gasteiger partial charge >= 0.3 is 0 Å². The van der Waals surface area contributed by atoms with Crippen molar-refractivity contribution in [2.45, 2.75) is 39.8 Å². The van der Waals surface area contributed by atoms with E-state index in [1.54, 1.807) is 0 Å². The Hall–Kier alpha value is -0.120. The third-order valence-corrected chi connectivity index (χ3v) is 2.25. The summed E-state index contributed by atoms with van der Waals surface area (Å²) in [7, 11) is 2.15. The van der Waals surface area contributed by atoms with Crippen LogP contribution in [0.2, 0.25) is 0 Å². The van der Waals surface area contributed by atoms with Crippen molar-refractivity contribution < 1.29 is 4.74 Å². The lowest BCUT2D eigenvalue weighted by molar-refractivity contribution is 0.0805. The lowest BCUT2D eigenvalue weighted by atomic mass is 10.3. The van der Waals surface area contributed by atoms with E-state index in [4.69, 9.17) is 4.74 Å². The minimum Gasteiger partial charge on any atom is -0.377 e. The fourth-order valence-electron chi connectivity index (χ4n) is 1.01. The summed E-state index contributed by atoms with van der Waals surface area (Å²) in [6.45, 7) is 12.4. The summed E-state index contributed by atoms with van der Waals surface area (Å²) in [4.78, 5) is 2.33. The van der Waals surface area contributed by atoms with Crippen molar-refractivity contribution >= 4 is 0 Å². The predicted octanol–water partition coefficient (Wildman–Crippen LogP) is 1.34. The van der Waals surface area contributed by atoms with E-state index < -0.39 is 0 Å². The van der Waals surface area contributed by atoms with Crippen LogP contribution in [0.25, 0.3) is 0 Å². The highest BCUT2D eigenvalue weighted by molar-refractivity contribution is 4.58. The molecule has 0 aliphatic heterocycles. The molecule has 0 aromatic rings. The molecular formula is C11H26N2O. The normalized spacial score (nSPS) is 12.0. The third-order valence-electron chi connectivity index (χ3n) is 2.25. The van der Waals surface area contributed by atoms with Crippen molar-refractivity contribution in [1.82, 2.24) is 10.2 Å². The van der Waals surface area contributed by atoms with Crippen LogP contribution in [0.1, 0.15) is 27.7 Å². The van der Waals surface area contributed by atoms with E-state index in [-0.39, 0.29) is 0 Å². The Labute approximate surface area is 88.8 Å². The molecule has 0 atom stereocenters. The first-order valence-electron chi connectivity index (χ1n) is 5.56. The molecule has 0 rings (SSSR count). The molecule has 3 nitrogen and oxygen atoms in total. The molecule has 0 radical (unpaired) electrons. The van der Waals surface area contributed by atoms with E-state index >= 15 is 0 Å². The molecule has 0 bridgehead atoms. The molecule has 0 aromatic heterocycles. The topological polar surface area (TPSA) is 24.5 Å². The van der Waals surface area contributed by atoms with Crippen molar-refractivity contribution in [2.75, 3.05) is 33.3 Å². The zero-order valence-electron chi connectivity index (χ0n) is 10.3. The monoisotopic (exact) mass is 202 g/mol. The Morgan fingerprint density at radius 3 is 2.29 bits per heavy atom. The number of hydrogen-bond acceptors (Lipinski definition) is 3. The molecule has 14 heavy (non-hydrogen) atoms. The summed E-state index contributed by atoms with van der Waals surface area (Å²) in [5.74, 6) is 0. The Morgan fingerprint density at radius 1 is 1.14 bits per heavy atom. The minimum atomic E-state index is 0.343. The standard InChI is InChI=1S/C11H26N2O/c1-10(2)13(5)8-6-12-7-9-14-11(3)4/h10-12H,6-9H2,1-5H3. The molecule has 0 heterocycles. The average Bonchev–Trinajstić information content (AvgIpc) is 2.09. The van der Waals surface area contributed by atoms with Crippen LogP contribution in [0.3, 0.4) is 0 Å². The molecule has 0 amide bonds. The number of nitrogens with one attached hydrogen (secondary N) is 1. The molecule has 1 N–H and O–H groups in total. The van der Waals surface area contributed by atoms with E-state index in [0.717, 1.165) is 26.2 Å². The highest BCUT2D eigenvalue weighted by Crippen LogP contribution is 1.90. The van der Waals surface area contributed by atoms with E-state index in [1.807, 2.05) is 0 Å². The Morgan fingerprint density at radius 2 is 1.79 bits per heavy atom. The smallest absolute Gasteiger partial charge is 0.0594 e. The molecule has 3 heteroatoms. The van der Waals surface area contributed by atoms with Gasteiger partial charge in [0, 0.05) is 25.7 Å². The largest absolute Gasteiger partial charge is 0.377 e. The molecule has 86 valence electrons. The van der Waals surface area contributed by atoms with Crippen molar-refractivity contribution in [1.29, 1.82) is 0 Å². The molecular weight excluding hydrogens is 176 g/mol. The summed E-state index contributed by atoms with van der Waals surface area (Å²) >= 11 is 0. The number of ether oxygens (including phenoxy) is 1. The van der Waals surface area contributed by atoms with Crippen molar-refractivity contribution in [3.8, 4) is 0 Å². The van der Waals surface area contributed by atoms with E-state index in [1.165, 1.54) is 0 Å². The molecule has 0 aliphatic carbocycles. The van der Waals surface area contributed by atoms with Crippen LogP contribution < -0.4 is 5.32 Å². The number of hydrogen-bond donors (Lipinski definition) is 1. The van der Waals surface area contributed by atoms with E-state index in [0.29, 0.717) is 12.1 Å². The molecule has 0 saturated heterocycles. The molecule has 0 aromatic carbocycles. The van der Waals surface area contributed by atoms with Crippen LogP contribution in [0, 0.1) is 0 Å². The van der Waals surface area contributed by atoms with Gasteiger partial charge < -0.3 is 15.0 Å². The maximum absolute atomic E-state index is 5.42.